The van der Waals surface area contributed by atoms with E-state index in [-0.39, 0.29) is 70.9 Å². The molecular formula is C34H30F4N6O2S. The second-order valence-electron chi connectivity index (χ2n) is 12.0. The number of nitrogens with zero attached hydrogens (tertiary/aromatic N) is 6. The number of alkyl halides is 3. The minimum absolute atomic E-state index is 0.112. The fourth-order valence-electron chi connectivity index (χ4n) is 7.00. The molecule has 0 saturated carbocycles. The maximum Gasteiger partial charge on any atom is 0.417 e. The third kappa shape index (κ3) is 5.26. The first-order chi connectivity index (χ1) is 22.5. The molecule has 7 rings (SSSR count). The molecule has 0 bridgehead atoms. The van der Waals surface area contributed by atoms with Crippen LogP contribution >= 0.6 is 11.8 Å². The van der Waals surface area contributed by atoms with Crippen LogP contribution in [0.15, 0.2) is 83.3 Å². The topological polar surface area (TPSA) is 76.3 Å². The largest absolute Gasteiger partial charge is 0.417 e. The van der Waals surface area contributed by atoms with Crippen LogP contribution in [0.5, 0.6) is 0 Å². The van der Waals surface area contributed by atoms with Gasteiger partial charge in [-0.2, -0.15) is 18.2 Å². The molecule has 1 amide bonds. The molecule has 1 fully saturated rings. The molecule has 242 valence electrons. The molecule has 5 heterocycles. The van der Waals surface area contributed by atoms with Crippen molar-refractivity contribution in [3.8, 4) is 11.1 Å². The second-order valence-corrected chi connectivity index (χ2v) is 13.0. The van der Waals surface area contributed by atoms with Crippen molar-refractivity contribution in [2.45, 2.75) is 49.6 Å². The highest BCUT2D eigenvalue weighted by Crippen LogP contribution is 2.49. The SMILES string of the molecule is C=CC(=O)N1[C@H](C)CN(c2nc(=O)n3c4c(c(-c5ccc(F)cc5)c(C(F)(F)F)cc24)SC[C@@H](n2ccc4cccnc42)C3)C[C@@H]1C. The van der Waals surface area contributed by atoms with Crippen LogP contribution in [0.25, 0.3) is 33.1 Å². The summed E-state index contributed by atoms with van der Waals surface area (Å²) in [4.78, 5) is 39.4. The number of pyridine rings is 1. The highest BCUT2D eigenvalue weighted by Gasteiger charge is 2.40. The lowest BCUT2D eigenvalue weighted by Gasteiger charge is -2.44. The van der Waals surface area contributed by atoms with Crippen molar-refractivity contribution in [1.29, 1.82) is 0 Å². The quantitative estimate of drug-likeness (QED) is 0.161. The standard InChI is InChI=1S/C34H30F4N6O2S/c1-4-27(45)44-19(2)15-41(16-20(44)3)32-25-14-26(34(36,37)38)28(21-7-9-23(35)10-8-21)30-29(25)43(33(46)40-32)17-24(18-47-30)42-13-11-22-6-5-12-39-31(22)42/h4-14,19-20,24H,1,15-18H2,2-3H3/t19-,20+,24-/m0/s1. The first kappa shape index (κ1) is 31.0. The van der Waals surface area contributed by atoms with Crippen molar-refractivity contribution < 1.29 is 22.4 Å². The molecule has 47 heavy (non-hydrogen) atoms. The van der Waals surface area contributed by atoms with Gasteiger partial charge in [0.05, 0.1) is 17.1 Å². The number of rotatable bonds is 4. The van der Waals surface area contributed by atoms with Crippen LogP contribution in [-0.2, 0) is 17.5 Å². The molecule has 2 aliphatic rings. The van der Waals surface area contributed by atoms with Crippen molar-refractivity contribution in [2.24, 2.45) is 0 Å². The van der Waals surface area contributed by atoms with Crippen LogP contribution in [0.1, 0.15) is 25.5 Å². The summed E-state index contributed by atoms with van der Waals surface area (Å²) in [5.74, 6) is -0.355. The molecule has 8 nitrogen and oxygen atoms in total. The Balaban J connectivity index is 1.48. The average Bonchev–Trinajstić information content (AvgIpc) is 3.36. The van der Waals surface area contributed by atoms with Crippen molar-refractivity contribution in [1.82, 2.24) is 24.0 Å². The van der Waals surface area contributed by atoms with E-state index in [0.29, 0.717) is 16.9 Å². The van der Waals surface area contributed by atoms with Crippen LogP contribution < -0.4 is 10.6 Å². The molecule has 3 aromatic heterocycles. The van der Waals surface area contributed by atoms with E-state index < -0.39 is 23.2 Å². The highest BCUT2D eigenvalue weighted by molar-refractivity contribution is 7.99. The van der Waals surface area contributed by atoms with Gasteiger partial charge in [0.1, 0.15) is 17.3 Å². The van der Waals surface area contributed by atoms with Gasteiger partial charge in [0.15, 0.2) is 0 Å². The van der Waals surface area contributed by atoms with Crippen molar-refractivity contribution in [3.63, 3.8) is 0 Å². The summed E-state index contributed by atoms with van der Waals surface area (Å²) in [6.07, 6.45) is 0.000577. The number of carbonyl (C=O) groups is 1. The van der Waals surface area contributed by atoms with E-state index >= 15 is 13.2 Å². The van der Waals surface area contributed by atoms with Crippen LogP contribution in [-0.4, -0.2) is 60.8 Å². The van der Waals surface area contributed by atoms with Gasteiger partial charge in [0.2, 0.25) is 5.91 Å². The Morgan fingerprint density at radius 2 is 1.79 bits per heavy atom. The zero-order valence-corrected chi connectivity index (χ0v) is 26.4. The predicted octanol–water partition coefficient (Wildman–Crippen LogP) is 6.53. The van der Waals surface area contributed by atoms with E-state index in [1.807, 2.05) is 42.8 Å². The number of anilines is 1. The lowest BCUT2D eigenvalue weighted by atomic mass is 9.96. The summed E-state index contributed by atoms with van der Waals surface area (Å²) in [5, 5.41) is 1.08. The van der Waals surface area contributed by atoms with Gasteiger partial charge in [-0.05, 0) is 61.9 Å². The number of aromatic nitrogens is 4. The van der Waals surface area contributed by atoms with E-state index in [0.717, 1.165) is 23.6 Å². The summed E-state index contributed by atoms with van der Waals surface area (Å²) in [6, 6.07) is 10.6. The van der Waals surface area contributed by atoms with Gasteiger partial charge in [0.25, 0.3) is 0 Å². The Kier molecular flexibility index (Phi) is 7.61. The molecule has 1 saturated heterocycles. The molecular weight excluding hydrogens is 632 g/mol. The van der Waals surface area contributed by atoms with E-state index in [1.165, 1.54) is 34.5 Å². The van der Waals surface area contributed by atoms with E-state index in [4.69, 9.17) is 0 Å². The smallest absolute Gasteiger partial charge is 0.352 e. The Hall–Kier alpha value is -4.65. The highest BCUT2D eigenvalue weighted by atomic mass is 32.2. The number of thioether (sulfide) groups is 1. The van der Waals surface area contributed by atoms with Crippen LogP contribution in [0.3, 0.4) is 0 Å². The minimum atomic E-state index is -4.78. The van der Waals surface area contributed by atoms with Gasteiger partial charge in [-0.15, -0.1) is 11.8 Å². The molecule has 3 atom stereocenters. The number of carbonyl (C=O) groups excluding carboxylic acids is 1. The lowest BCUT2D eigenvalue weighted by Crippen LogP contribution is -2.58. The maximum atomic E-state index is 15.1. The first-order valence-corrected chi connectivity index (χ1v) is 16.1. The number of piperazine rings is 1. The molecule has 0 aliphatic carbocycles. The summed E-state index contributed by atoms with van der Waals surface area (Å²) in [5.41, 5.74) is -0.386. The predicted molar refractivity (Wildman–Crippen MR) is 174 cm³/mol. The molecule has 2 aliphatic heterocycles. The number of hydrogen-bond donors (Lipinski definition) is 0. The minimum Gasteiger partial charge on any atom is -0.352 e. The Morgan fingerprint density at radius 1 is 1.06 bits per heavy atom. The first-order valence-electron chi connectivity index (χ1n) is 15.1. The fraction of sp³-hybridized carbons (Fsp3) is 0.294. The van der Waals surface area contributed by atoms with E-state index in [1.54, 1.807) is 16.0 Å². The fourth-order valence-corrected chi connectivity index (χ4v) is 8.35. The second kappa shape index (κ2) is 11.5. The summed E-state index contributed by atoms with van der Waals surface area (Å²) >= 11 is 1.23. The molecule has 5 aromatic rings. The molecule has 0 N–H and O–H groups in total. The third-order valence-electron chi connectivity index (χ3n) is 8.97. The number of amides is 1. The lowest BCUT2D eigenvalue weighted by molar-refractivity contribution is -0.137. The Bertz CT molecular complexity index is 2100. The van der Waals surface area contributed by atoms with Crippen molar-refractivity contribution in [3.05, 3.63) is 95.4 Å². The summed E-state index contributed by atoms with van der Waals surface area (Å²) in [7, 11) is 0. The summed E-state index contributed by atoms with van der Waals surface area (Å²) in [6.45, 7) is 7.93. The maximum absolute atomic E-state index is 15.1. The van der Waals surface area contributed by atoms with Crippen molar-refractivity contribution >= 4 is 45.4 Å². The molecule has 2 aromatic carbocycles. The van der Waals surface area contributed by atoms with Crippen LogP contribution in [0, 0.1) is 5.82 Å². The van der Waals surface area contributed by atoms with Crippen LogP contribution in [0.4, 0.5) is 23.4 Å². The van der Waals surface area contributed by atoms with Gasteiger partial charge in [-0.3, -0.25) is 9.36 Å². The van der Waals surface area contributed by atoms with Crippen LogP contribution in [0.2, 0.25) is 0 Å². The number of fused-ring (bicyclic) bond motifs is 1. The zero-order valence-electron chi connectivity index (χ0n) is 25.5. The van der Waals surface area contributed by atoms with Gasteiger partial charge >= 0.3 is 11.9 Å². The van der Waals surface area contributed by atoms with Gasteiger partial charge in [-0.1, -0.05) is 18.7 Å². The zero-order chi connectivity index (χ0) is 33.2. The Labute approximate surface area is 271 Å². The van der Waals surface area contributed by atoms with E-state index in [2.05, 4.69) is 16.5 Å². The average molecular weight is 663 g/mol. The van der Waals surface area contributed by atoms with Gasteiger partial charge in [0, 0.05) is 71.1 Å². The van der Waals surface area contributed by atoms with Gasteiger partial charge in [-0.25, -0.2) is 14.2 Å². The number of benzene rings is 2. The number of hydrogen-bond acceptors (Lipinski definition) is 6. The summed E-state index contributed by atoms with van der Waals surface area (Å²) < 4.78 is 62.6. The van der Waals surface area contributed by atoms with Gasteiger partial charge < -0.3 is 14.4 Å². The molecule has 0 unspecified atom stereocenters. The molecule has 0 spiro atoms. The molecule has 0 radical (unpaired) electrons. The number of halogens is 4. The van der Waals surface area contributed by atoms with E-state index in [9.17, 15) is 14.0 Å². The third-order valence-corrected chi connectivity index (χ3v) is 10.2. The Morgan fingerprint density at radius 3 is 2.47 bits per heavy atom. The monoisotopic (exact) mass is 662 g/mol. The van der Waals surface area contributed by atoms with Crippen molar-refractivity contribution in [2.75, 3.05) is 23.7 Å². The normalized spacial score (nSPS) is 20.1. The molecule has 13 heteroatoms.